The Labute approximate surface area is 100 Å². The standard InChI is InChI=1S/C13H7NO4/c15-13-11-7-8(14(16)17)5-6-9(11)10-3-1-2-4-12(10)18-13/h1-7H. The van der Waals surface area contributed by atoms with E-state index in [0.717, 1.165) is 5.39 Å². The Morgan fingerprint density at radius 2 is 1.78 bits per heavy atom. The molecule has 5 nitrogen and oxygen atoms in total. The largest absolute Gasteiger partial charge is 0.422 e. The summed E-state index contributed by atoms with van der Waals surface area (Å²) in [6.45, 7) is 0. The molecule has 0 radical (unpaired) electrons. The maximum Gasteiger partial charge on any atom is 0.344 e. The van der Waals surface area contributed by atoms with E-state index in [1.165, 1.54) is 12.1 Å². The van der Waals surface area contributed by atoms with Crippen molar-refractivity contribution in [3.8, 4) is 0 Å². The number of benzene rings is 2. The summed E-state index contributed by atoms with van der Waals surface area (Å²) in [4.78, 5) is 21.9. The third-order valence-electron chi connectivity index (χ3n) is 2.81. The van der Waals surface area contributed by atoms with E-state index in [0.29, 0.717) is 11.0 Å². The van der Waals surface area contributed by atoms with Gasteiger partial charge in [0.15, 0.2) is 0 Å². The van der Waals surface area contributed by atoms with Gasteiger partial charge in [-0.05, 0) is 12.1 Å². The first-order valence-electron chi connectivity index (χ1n) is 5.27. The predicted molar refractivity (Wildman–Crippen MR) is 66.6 cm³/mol. The van der Waals surface area contributed by atoms with E-state index in [1.807, 2.05) is 12.1 Å². The summed E-state index contributed by atoms with van der Waals surface area (Å²) in [5.41, 5.74) is -0.207. The number of nitrogens with zero attached hydrogens (tertiary/aromatic N) is 1. The molecule has 1 heterocycles. The van der Waals surface area contributed by atoms with Crippen molar-refractivity contribution in [2.75, 3.05) is 0 Å². The summed E-state index contributed by atoms with van der Waals surface area (Å²) >= 11 is 0. The summed E-state index contributed by atoms with van der Waals surface area (Å²) in [5, 5.41) is 12.3. The van der Waals surface area contributed by atoms with Crippen LogP contribution in [0.4, 0.5) is 5.69 Å². The molecule has 3 aromatic rings. The molecule has 2 aromatic carbocycles. The van der Waals surface area contributed by atoms with Gasteiger partial charge in [-0.1, -0.05) is 18.2 Å². The Morgan fingerprint density at radius 1 is 1.00 bits per heavy atom. The van der Waals surface area contributed by atoms with E-state index in [-0.39, 0.29) is 11.1 Å². The first-order valence-corrected chi connectivity index (χ1v) is 5.27. The van der Waals surface area contributed by atoms with E-state index in [9.17, 15) is 14.9 Å². The molecule has 0 fully saturated rings. The number of para-hydroxylation sites is 1. The van der Waals surface area contributed by atoms with Crippen molar-refractivity contribution in [2.24, 2.45) is 0 Å². The molecule has 3 rings (SSSR count). The lowest BCUT2D eigenvalue weighted by molar-refractivity contribution is -0.384. The van der Waals surface area contributed by atoms with Gasteiger partial charge in [0.1, 0.15) is 5.58 Å². The topological polar surface area (TPSA) is 73.3 Å². The van der Waals surface area contributed by atoms with Crippen LogP contribution in [0, 0.1) is 10.1 Å². The molecule has 0 aliphatic heterocycles. The van der Waals surface area contributed by atoms with Gasteiger partial charge in [0.05, 0.1) is 10.3 Å². The highest BCUT2D eigenvalue weighted by molar-refractivity contribution is 6.04. The molecule has 0 saturated heterocycles. The molecule has 0 spiro atoms. The van der Waals surface area contributed by atoms with Gasteiger partial charge in [-0.3, -0.25) is 10.1 Å². The van der Waals surface area contributed by atoms with Crippen LogP contribution in [-0.2, 0) is 0 Å². The van der Waals surface area contributed by atoms with Gasteiger partial charge in [0, 0.05) is 22.9 Å². The number of nitro groups is 1. The van der Waals surface area contributed by atoms with Crippen LogP contribution >= 0.6 is 0 Å². The van der Waals surface area contributed by atoms with Crippen molar-refractivity contribution in [1.29, 1.82) is 0 Å². The number of fused-ring (bicyclic) bond motifs is 3. The molecule has 0 unspecified atom stereocenters. The van der Waals surface area contributed by atoms with Gasteiger partial charge in [0.2, 0.25) is 0 Å². The normalized spacial score (nSPS) is 10.9. The molecule has 0 saturated carbocycles. The fourth-order valence-corrected chi connectivity index (χ4v) is 1.98. The molecule has 0 aliphatic carbocycles. The molecule has 0 atom stereocenters. The highest BCUT2D eigenvalue weighted by atomic mass is 16.6. The molecule has 88 valence electrons. The SMILES string of the molecule is O=c1oc2ccccc2c2ccc([N+](=O)[O-])cc12. The average molecular weight is 241 g/mol. The predicted octanol–water partition coefficient (Wildman–Crippen LogP) is 2.85. The fourth-order valence-electron chi connectivity index (χ4n) is 1.98. The molecule has 0 aliphatic rings. The highest BCUT2D eigenvalue weighted by Crippen LogP contribution is 2.25. The zero-order valence-electron chi connectivity index (χ0n) is 9.12. The van der Waals surface area contributed by atoms with E-state index in [2.05, 4.69) is 0 Å². The van der Waals surface area contributed by atoms with Crippen LogP contribution in [0.3, 0.4) is 0 Å². The molecule has 0 amide bonds. The smallest absolute Gasteiger partial charge is 0.344 e. The number of nitro benzene ring substituents is 1. The maximum atomic E-state index is 11.8. The number of hydrogen-bond acceptors (Lipinski definition) is 4. The van der Waals surface area contributed by atoms with Crippen molar-refractivity contribution < 1.29 is 9.34 Å². The Bertz CT molecular complexity index is 835. The summed E-state index contributed by atoms with van der Waals surface area (Å²) in [5.74, 6) is 0. The third-order valence-corrected chi connectivity index (χ3v) is 2.81. The number of hydrogen-bond donors (Lipinski definition) is 0. The Balaban J connectivity index is 2.52. The molecule has 18 heavy (non-hydrogen) atoms. The minimum Gasteiger partial charge on any atom is -0.422 e. The molecule has 1 aromatic heterocycles. The number of rotatable bonds is 1. The quantitative estimate of drug-likeness (QED) is 0.284. The third kappa shape index (κ3) is 1.45. The van der Waals surface area contributed by atoms with Gasteiger partial charge >= 0.3 is 5.63 Å². The highest BCUT2D eigenvalue weighted by Gasteiger charge is 2.11. The monoisotopic (exact) mass is 241 g/mol. The lowest BCUT2D eigenvalue weighted by atomic mass is 10.1. The van der Waals surface area contributed by atoms with E-state index in [4.69, 9.17) is 4.42 Å². The zero-order valence-corrected chi connectivity index (χ0v) is 9.12. The van der Waals surface area contributed by atoms with Crippen LogP contribution in [0.25, 0.3) is 21.7 Å². The van der Waals surface area contributed by atoms with Crippen molar-refractivity contribution in [3.05, 3.63) is 63.0 Å². The second kappa shape index (κ2) is 3.66. The first kappa shape index (κ1) is 10.5. The molecular formula is C13H7NO4. The first-order chi connectivity index (χ1) is 8.66. The van der Waals surface area contributed by atoms with Crippen molar-refractivity contribution in [1.82, 2.24) is 0 Å². The van der Waals surface area contributed by atoms with Gasteiger partial charge in [-0.15, -0.1) is 0 Å². The van der Waals surface area contributed by atoms with Crippen molar-refractivity contribution >= 4 is 27.4 Å². The molecule has 0 N–H and O–H groups in total. The fraction of sp³-hybridized carbons (Fsp3) is 0. The Kier molecular flexibility index (Phi) is 2.13. The molecular weight excluding hydrogens is 234 g/mol. The summed E-state index contributed by atoms with van der Waals surface area (Å²) in [6.07, 6.45) is 0. The molecule has 0 bridgehead atoms. The zero-order chi connectivity index (χ0) is 12.7. The van der Waals surface area contributed by atoms with Crippen molar-refractivity contribution in [3.63, 3.8) is 0 Å². The van der Waals surface area contributed by atoms with Gasteiger partial charge in [0.25, 0.3) is 5.69 Å². The van der Waals surface area contributed by atoms with Crippen molar-refractivity contribution in [2.45, 2.75) is 0 Å². The van der Waals surface area contributed by atoms with Crippen LogP contribution in [0.2, 0.25) is 0 Å². The second-order valence-electron chi connectivity index (χ2n) is 3.87. The summed E-state index contributed by atoms with van der Waals surface area (Å²) in [7, 11) is 0. The van der Waals surface area contributed by atoms with E-state index >= 15 is 0 Å². The Morgan fingerprint density at radius 3 is 2.56 bits per heavy atom. The van der Waals surface area contributed by atoms with Crippen LogP contribution in [-0.4, -0.2) is 4.92 Å². The molecule has 5 heteroatoms. The van der Waals surface area contributed by atoms with Gasteiger partial charge in [-0.25, -0.2) is 4.79 Å². The number of non-ortho nitro benzene ring substituents is 1. The van der Waals surface area contributed by atoms with Crippen LogP contribution in [0.1, 0.15) is 0 Å². The van der Waals surface area contributed by atoms with Crippen LogP contribution < -0.4 is 5.63 Å². The van der Waals surface area contributed by atoms with Gasteiger partial charge in [-0.2, -0.15) is 0 Å². The minimum absolute atomic E-state index is 0.120. The second-order valence-corrected chi connectivity index (χ2v) is 3.87. The summed E-state index contributed by atoms with van der Waals surface area (Å²) in [6, 6.07) is 11.3. The Hall–Kier alpha value is -2.69. The van der Waals surface area contributed by atoms with E-state index < -0.39 is 10.5 Å². The lowest BCUT2D eigenvalue weighted by Crippen LogP contribution is -2.00. The lowest BCUT2D eigenvalue weighted by Gasteiger charge is -2.01. The maximum absolute atomic E-state index is 11.8. The average Bonchev–Trinajstić information content (AvgIpc) is 2.38. The van der Waals surface area contributed by atoms with Gasteiger partial charge < -0.3 is 4.42 Å². The van der Waals surface area contributed by atoms with Crippen LogP contribution in [0.15, 0.2) is 51.7 Å². The minimum atomic E-state index is -0.563. The van der Waals surface area contributed by atoms with Crippen LogP contribution in [0.5, 0.6) is 0 Å². The summed E-state index contributed by atoms with van der Waals surface area (Å²) < 4.78 is 5.13. The van der Waals surface area contributed by atoms with E-state index in [1.54, 1.807) is 18.2 Å².